The van der Waals surface area contributed by atoms with Crippen molar-refractivity contribution in [3.63, 3.8) is 0 Å². The van der Waals surface area contributed by atoms with E-state index < -0.39 is 5.82 Å². The lowest BCUT2D eigenvalue weighted by molar-refractivity contribution is 0.0917. The molecule has 0 aliphatic carbocycles. The molecular formula is C18H18FNO. The van der Waals surface area contributed by atoms with Gasteiger partial charge >= 0.3 is 0 Å². The van der Waals surface area contributed by atoms with E-state index in [1.54, 1.807) is 18.3 Å². The van der Waals surface area contributed by atoms with E-state index in [2.05, 4.69) is 4.99 Å². The zero-order chi connectivity index (χ0) is 15.1. The molecule has 0 fully saturated rings. The van der Waals surface area contributed by atoms with Crippen LogP contribution < -0.4 is 0 Å². The van der Waals surface area contributed by atoms with Crippen molar-refractivity contribution in [3.8, 4) is 0 Å². The Bertz CT molecular complexity index is 622. The van der Waals surface area contributed by atoms with Crippen molar-refractivity contribution < 1.29 is 9.18 Å². The van der Waals surface area contributed by atoms with Gasteiger partial charge in [-0.25, -0.2) is 4.39 Å². The zero-order valence-electron chi connectivity index (χ0n) is 12.0. The number of carbonyl (C=O) groups is 1. The largest absolute Gasteiger partial charge is 0.294 e. The molecule has 0 aliphatic heterocycles. The van der Waals surface area contributed by atoms with Gasteiger partial charge in [-0.15, -0.1) is 0 Å². The van der Waals surface area contributed by atoms with Gasteiger partial charge in [0.25, 0.3) is 0 Å². The van der Waals surface area contributed by atoms with E-state index in [9.17, 15) is 9.18 Å². The van der Waals surface area contributed by atoms with E-state index >= 15 is 0 Å². The SMILES string of the molecule is CCC(CN=Cc1ccccc1)C(=O)c1ccccc1F. The van der Waals surface area contributed by atoms with Crippen LogP contribution in [0.2, 0.25) is 0 Å². The number of nitrogens with zero attached hydrogens (tertiary/aromatic N) is 1. The van der Waals surface area contributed by atoms with Crippen molar-refractivity contribution in [1.29, 1.82) is 0 Å². The van der Waals surface area contributed by atoms with Gasteiger partial charge in [0, 0.05) is 18.7 Å². The van der Waals surface area contributed by atoms with E-state index in [4.69, 9.17) is 0 Å². The van der Waals surface area contributed by atoms with Crippen LogP contribution in [0, 0.1) is 11.7 Å². The molecule has 2 aromatic rings. The molecule has 0 heterocycles. The summed E-state index contributed by atoms with van der Waals surface area (Å²) in [5.41, 5.74) is 1.14. The lowest BCUT2D eigenvalue weighted by Gasteiger charge is -2.11. The number of benzene rings is 2. The maximum atomic E-state index is 13.7. The molecule has 0 saturated heterocycles. The van der Waals surface area contributed by atoms with Crippen molar-refractivity contribution in [2.75, 3.05) is 6.54 Å². The Labute approximate surface area is 124 Å². The molecule has 3 heteroatoms. The third-order valence-corrected chi connectivity index (χ3v) is 3.37. The number of aliphatic imine (C=N–C) groups is 1. The summed E-state index contributed by atoms with van der Waals surface area (Å²) in [7, 11) is 0. The van der Waals surface area contributed by atoms with Gasteiger partial charge in [0.2, 0.25) is 0 Å². The third-order valence-electron chi connectivity index (χ3n) is 3.37. The van der Waals surface area contributed by atoms with E-state index in [1.165, 1.54) is 12.1 Å². The van der Waals surface area contributed by atoms with Gasteiger partial charge in [-0.3, -0.25) is 9.79 Å². The fraction of sp³-hybridized carbons (Fsp3) is 0.222. The fourth-order valence-electron chi connectivity index (χ4n) is 2.10. The highest BCUT2D eigenvalue weighted by atomic mass is 19.1. The second-order valence-electron chi connectivity index (χ2n) is 4.85. The lowest BCUT2D eigenvalue weighted by Crippen LogP contribution is -2.18. The fourth-order valence-corrected chi connectivity index (χ4v) is 2.10. The first-order valence-corrected chi connectivity index (χ1v) is 7.06. The predicted octanol–water partition coefficient (Wildman–Crippen LogP) is 4.15. The van der Waals surface area contributed by atoms with Crippen LogP contribution in [0.3, 0.4) is 0 Å². The second kappa shape index (κ2) is 7.48. The third kappa shape index (κ3) is 4.09. The first kappa shape index (κ1) is 15.1. The van der Waals surface area contributed by atoms with Crippen molar-refractivity contribution in [2.45, 2.75) is 13.3 Å². The molecule has 21 heavy (non-hydrogen) atoms. The van der Waals surface area contributed by atoms with Crippen LogP contribution in [0.4, 0.5) is 4.39 Å². The van der Waals surface area contributed by atoms with Crippen LogP contribution in [-0.4, -0.2) is 18.5 Å². The summed E-state index contributed by atoms with van der Waals surface area (Å²) in [6.45, 7) is 2.29. The number of carbonyl (C=O) groups excluding carboxylic acids is 1. The number of rotatable bonds is 6. The summed E-state index contributed by atoms with van der Waals surface area (Å²) in [6, 6.07) is 15.8. The van der Waals surface area contributed by atoms with Crippen LogP contribution in [-0.2, 0) is 0 Å². The molecular weight excluding hydrogens is 265 g/mol. The van der Waals surface area contributed by atoms with Crippen LogP contribution in [0.1, 0.15) is 29.3 Å². The van der Waals surface area contributed by atoms with Gasteiger partial charge in [-0.1, -0.05) is 49.4 Å². The molecule has 0 aliphatic rings. The van der Waals surface area contributed by atoms with Crippen molar-refractivity contribution >= 4 is 12.0 Å². The maximum absolute atomic E-state index is 13.7. The van der Waals surface area contributed by atoms with Crippen molar-refractivity contribution in [3.05, 3.63) is 71.5 Å². The molecule has 0 bridgehead atoms. The Morgan fingerprint density at radius 3 is 2.48 bits per heavy atom. The van der Waals surface area contributed by atoms with E-state index in [0.717, 1.165) is 5.56 Å². The summed E-state index contributed by atoms with van der Waals surface area (Å²) in [6.07, 6.45) is 2.39. The monoisotopic (exact) mass is 283 g/mol. The molecule has 0 radical (unpaired) electrons. The quantitative estimate of drug-likeness (QED) is 0.578. The van der Waals surface area contributed by atoms with Crippen LogP contribution in [0.15, 0.2) is 59.6 Å². The summed E-state index contributed by atoms with van der Waals surface area (Å²) in [5.74, 6) is -0.935. The summed E-state index contributed by atoms with van der Waals surface area (Å²) >= 11 is 0. The molecule has 1 atom stereocenters. The highest BCUT2D eigenvalue weighted by Crippen LogP contribution is 2.16. The maximum Gasteiger partial charge on any atom is 0.170 e. The van der Waals surface area contributed by atoms with Gasteiger partial charge in [0.05, 0.1) is 5.56 Å². The van der Waals surface area contributed by atoms with Crippen LogP contribution >= 0.6 is 0 Å². The Morgan fingerprint density at radius 2 is 1.81 bits per heavy atom. The predicted molar refractivity (Wildman–Crippen MR) is 83.4 cm³/mol. The first-order valence-electron chi connectivity index (χ1n) is 7.06. The average Bonchev–Trinajstić information content (AvgIpc) is 2.52. The number of halogens is 1. The number of hydrogen-bond acceptors (Lipinski definition) is 2. The van der Waals surface area contributed by atoms with Crippen LogP contribution in [0.25, 0.3) is 0 Å². The number of ketones is 1. The zero-order valence-corrected chi connectivity index (χ0v) is 12.0. The highest BCUT2D eigenvalue weighted by Gasteiger charge is 2.20. The Morgan fingerprint density at radius 1 is 1.14 bits per heavy atom. The normalized spacial score (nSPS) is 12.5. The molecule has 2 aromatic carbocycles. The van der Waals surface area contributed by atoms with Gasteiger partial charge in [0.1, 0.15) is 5.82 Å². The lowest BCUT2D eigenvalue weighted by atomic mass is 9.95. The molecule has 0 saturated carbocycles. The summed E-state index contributed by atoms with van der Waals surface area (Å²) in [4.78, 5) is 16.6. The Balaban J connectivity index is 2.05. The van der Waals surface area contributed by atoms with E-state index in [-0.39, 0.29) is 17.3 Å². The van der Waals surface area contributed by atoms with Gasteiger partial charge in [-0.2, -0.15) is 0 Å². The number of Topliss-reactive ketones (excluding diaryl/α,β-unsaturated/α-hetero) is 1. The first-order chi connectivity index (χ1) is 10.2. The van der Waals surface area contributed by atoms with E-state index in [0.29, 0.717) is 13.0 Å². The minimum Gasteiger partial charge on any atom is -0.294 e. The Hall–Kier alpha value is -2.29. The molecule has 0 amide bonds. The summed E-state index contributed by atoms with van der Waals surface area (Å²) in [5, 5.41) is 0. The molecule has 1 unspecified atom stereocenters. The second-order valence-corrected chi connectivity index (χ2v) is 4.85. The molecule has 108 valence electrons. The molecule has 2 rings (SSSR count). The number of hydrogen-bond donors (Lipinski definition) is 0. The standard InChI is InChI=1S/C18H18FNO/c1-2-15(13-20-12-14-8-4-3-5-9-14)18(21)16-10-6-7-11-17(16)19/h3-12,15H,2,13H2,1H3. The van der Waals surface area contributed by atoms with Crippen molar-refractivity contribution in [1.82, 2.24) is 0 Å². The minimum absolute atomic E-state index is 0.152. The van der Waals surface area contributed by atoms with Crippen LogP contribution in [0.5, 0.6) is 0 Å². The van der Waals surface area contributed by atoms with Gasteiger partial charge in [-0.05, 0) is 24.1 Å². The smallest absolute Gasteiger partial charge is 0.170 e. The van der Waals surface area contributed by atoms with Crippen molar-refractivity contribution in [2.24, 2.45) is 10.9 Å². The molecule has 0 N–H and O–H groups in total. The molecule has 0 spiro atoms. The van der Waals surface area contributed by atoms with Gasteiger partial charge in [0.15, 0.2) is 5.78 Å². The van der Waals surface area contributed by atoms with E-state index in [1.807, 2.05) is 37.3 Å². The highest BCUT2D eigenvalue weighted by molar-refractivity contribution is 5.98. The van der Waals surface area contributed by atoms with Gasteiger partial charge < -0.3 is 0 Å². The average molecular weight is 283 g/mol. The minimum atomic E-state index is -0.465. The summed E-state index contributed by atoms with van der Waals surface area (Å²) < 4.78 is 13.7. The Kier molecular flexibility index (Phi) is 5.38. The molecule has 2 nitrogen and oxygen atoms in total. The molecule has 0 aromatic heterocycles. The topological polar surface area (TPSA) is 29.4 Å².